The van der Waals surface area contributed by atoms with Crippen LogP contribution in [0.5, 0.6) is 5.75 Å². The predicted molar refractivity (Wildman–Crippen MR) is 170 cm³/mol. The molecule has 3 heterocycles. The van der Waals surface area contributed by atoms with Gasteiger partial charge in [0.15, 0.2) is 0 Å². The summed E-state index contributed by atoms with van der Waals surface area (Å²) in [5.41, 5.74) is 1.90. The summed E-state index contributed by atoms with van der Waals surface area (Å²) >= 11 is 0. The van der Waals surface area contributed by atoms with Gasteiger partial charge in [0, 0.05) is 62.8 Å². The van der Waals surface area contributed by atoms with Gasteiger partial charge in [0.1, 0.15) is 5.75 Å². The van der Waals surface area contributed by atoms with E-state index in [-0.39, 0.29) is 35.5 Å². The van der Waals surface area contributed by atoms with Gasteiger partial charge in [0.2, 0.25) is 5.91 Å². The lowest BCUT2D eigenvalue weighted by Crippen LogP contribution is -2.44. The molecule has 3 atom stereocenters. The van der Waals surface area contributed by atoms with Crippen LogP contribution >= 0.6 is 0 Å². The zero-order valence-electron chi connectivity index (χ0n) is 26.9. The van der Waals surface area contributed by atoms with E-state index in [9.17, 15) is 22.8 Å². The largest absolute Gasteiger partial charge is 0.497 e. The zero-order chi connectivity index (χ0) is 32.4. The van der Waals surface area contributed by atoms with E-state index in [1.165, 1.54) is 44.9 Å². The summed E-state index contributed by atoms with van der Waals surface area (Å²) in [4.78, 5) is 33.0. The van der Waals surface area contributed by atoms with Crippen molar-refractivity contribution in [1.29, 1.82) is 0 Å². The lowest BCUT2D eigenvalue weighted by molar-refractivity contribution is -0.146. The number of hydrogen-bond donors (Lipinski definition) is 0. The van der Waals surface area contributed by atoms with E-state index in [1.54, 1.807) is 13.2 Å². The third-order valence-electron chi connectivity index (χ3n) is 11.0. The zero-order valence-corrected chi connectivity index (χ0v) is 26.9. The molecule has 4 aliphatic rings. The first-order valence-corrected chi connectivity index (χ1v) is 16.9. The van der Waals surface area contributed by atoms with E-state index >= 15 is 0 Å². The number of carbonyl (C=O) groups is 2. The van der Waals surface area contributed by atoms with Gasteiger partial charge in [-0.25, -0.2) is 0 Å². The third kappa shape index (κ3) is 6.87. The number of amides is 1. The standard InChI is InChI=1S/C36H46F3N3O4/c1-45-29-12-9-24(10-13-29)31-22-42(28-7-3-4-8-28)23-32(31)34(43)41-17-5-6-26(21-41)30-14-11-27(36(37,38)39)20-33(30)40-18-15-25(16-19-40)35(44)46-2/h9-14,20,25-26,28,31-32H,3-8,15-19,21-23H2,1-2H3/t26?,31-,32+/m0/s1. The van der Waals surface area contributed by atoms with Crippen molar-refractivity contribution in [3.05, 3.63) is 59.2 Å². The van der Waals surface area contributed by atoms with Gasteiger partial charge in [-0.3, -0.25) is 14.5 Å². The Kier molecular flexibility index (Phi) is 9.83. The monoisotopic (exact) mass is 641 g/mol. The van der Waals surface area contributed by atoms with Gasteiger partial charge in [-0.05, 0) is 73.9 Å². The van der Waals surface area contributed by atoms with Gasteiger partial charge in [0.05, 0.1) is 31.6 Å². The van der Waals surface area contributed by atoms with Crippen LogP contribution in [-0.4, -0.2) is 81.2 Å². The summed E-state index contributed by atoms with van der Waals surface area (Å²) in [5.74, 6) is 0.273. The first kappa shape index (κ1) is 32.7. The Morgan fingerprint density at radius 1 is 0.826 bits per heavy atom. The Morgan fingerprint density at radius 3 is 2.20 bits per heavy atom. The van der Waals surface area contributed by atoms with E-state index in [2.05, 4.69) is 17.0 Å². The number of likely N-dealkylation sites (tertiary alicyclic amines) is 2. The summed E-state index contributed by atoms with van der Waals surface area (Å²) < 4.78 is 52.0. The number of halogens is 3. The average Bonchev–Trinajstić information content (AvgIpc) is 3.78. The van der Waals surface area contributed by atoms with Crippen LogP contribution in [0.25, 0.3) is 0 Å². The van der Waals surface area contributed by atoms with Crippen molar-refractivity contribution in [1.82, 2.24) is 9.80 Å². The van der Waals surface area contributed by atoms with Crippen LogP contribution in [0.4, 0.5) is 18.9 Å². The number of nitrogens with zero attached hydrogens (tertiary/aromatic N) is 3. The van der Waals surface area contributed by atoms with Gasteiger partial charge in [-0.15, -0.1) is 0 Å². The van der Waals surface area contributed by atoms with Crippen molar-refractivity contribution < 1.29 is 32.2 Å². The second kappa shape index (κ2) is 13.8. The fourth-order valence-corrected chi connectivity index (χ4v) is 8.37. The molecule has 10 heteroatoms. The van der Waals surface area contributed by atoms with Crippen LogP contribution < -0.4 is 9.64 Å². The molecule has 1 aliphatic carbocycles. The maximum Gasteiger partial charge on any atom is 0.416 e. The summed E-state index contributed by atoms with van der Waals surface area (Å²) in [6.45, 7) is 3.70. The third-order valence-corrected chi connectivity index (χ3v) is 11.0. The number of rotatable bonds is 7. The summed E-state index contributed by atoms with van der Waals surface area (Å²) in [6, 6.07) is 12.7. The van der Waals surface area contributed by atoms with Gasteiger partial charge in [0.25, 0.3) is 0 Å². The molecule has 0 bridgehead atoms. The van der Waals surface area contributed by atoms with E-state index in [4.69, 9.17) is 9.47 Å². The van der Waals surface area contributed by atoms with Gasteiger partial charge < -0.3 is 19.3 Å². The molecule has 46 heavy (non-hydrogen) atoms. The Bertz CT molecular complexity index is 1370. The number of anilines is 1. The molecule has 0 radical (unpaired) electrons. The lowest BCUT2D eigenvalue weighted by atomic mass is 9.85. The van der Waals surface area contributed by atoms with Gasteiger partial charge in [-0.2, -0.15) is 13.2 Å². The fourth-order valence-electron chi connectivity index (χ4n) is 8.37. The SMILES string of the molecule is COC(=O)C1CCN(c2cc(C(F)(F)F)ccc2C2CCCN(C(=O)[C@@H]3CN(C4CCCC4)C[C@H]3c3ccc(OC)cc3)C2)CC1. The summed E-state index contributed by atoms with van der Waals surface area (Å²) in [6.07, 6.45) is 3.02. The Balaban J connectivity index is 1.23. The second-order valence-corrected chi connectivity index (χ2v) is 13.6. The quantitative estimate of drug-likeness (QED) is 0.323. The molecule has 3 saturated heterocycles. The first-order valence-electron chi connectivity index (χ1n) is 16.9. The van der Waals surface area contributed by atoms with E-state index in [0.717, 1.165) is 42.8 Å². The number of alkyl halides is 3. The second-order valence-electron chi connectivity index (χ2n) is 13.6. The number of carbonyl (C=O) groups excluding carboxylic acids is 2. The van der Waals surface area contributed by atoms with Crippen LogP contribution in [0.15, 0.2) is 42.5 Å². The molecule has 0 N–H and O–H groups in total. The Labute approximate surface area is 270 Å². The van der Waals surface area contributed by atoms with E-state index < -0.39 is 11.7 Å². The highest BCUT2D eigenvalue weighted by Gasteiger charge is 2.44. The molecule has 1 unspecified atom stereocenters. The molecule has 1 amide bonds. The lowest BCUT2D eigenvalue weighted by Gasteiger charge is -2.39. The minimum Gasteiger partial charge on any atom is -0.497 e. The molecule has 1 saturated carbocycles. The molecular formula is C36H46F3N3O4. The molecule has 3 aliphatic heterocycles. The molecule has 2 aromatic rings. The minimum atomic E-state index is -4.46. The average molecular weight is 642 g/mol. The highest BCUT2D eigenvalue weighted by atomic mass is 19.4. The highest BCUT2D eigenvalue weighted by molar-refractivity contribution is 5.81. The molecule has 7 nitrogen and oxygen atoms in total. The number of ether oxygens (including phenoxy) is 2. The first-order chi connectivity index (χ1) is 22.2. The van der Waals surface area contributed by atoms with Crippen LogP contribution in [0.2, 0.25) is 0 Å². The summed E-state index contributed by atoms with van der Waals surface area (Å²) in [5, 5.41) is 0. The fraction of sp³-hybridized carbons (Fsp3) is 0.611. The number of esters is 1. The van der Waals surface area contributed by atoms with Crippen LogP contribution in [-0.2, 0) is 20.5 Å². The van der Waals surface area contributed by atoms with E-state index in [1.807, 2.05) is 21.9 Å². The number of benzene rings is 2. The van der Waals surface area contributed by atoms with Crippen molar-refractivity contribution in [2.75, 3.05) is 58.4 Å². The molecule has 0 spiro atoms. The van der Waals surface area contributed by atoms with Crippen molar-refractivity contribution in [3.63, 3.8) is 0 Å². The highest BCUT2D eigenvalue weighted by Crippen LogP contribution is 2.42. The van der Waals surface area contributed by atoms with Gasteiger partial charge in [-0.1, -0.05) is 31.0 Å². The molecule has 0 aromatic heterocycles. The number of methoxy groups -OCH3 is 2. The summed E-state index contributed by atoms with van der Waals surface area (Å²) in [7, 11) is 3.02. The van der Waals surface area contributed by atoms with Crippen LogP contribution in [0, 0.1) is 11.8 Å². The Hall–Kier alpha value is -3.27. The van der Waals surface area contributed by atoms with Crippen molar-refractivity contribution in [3.8, 4) is 5.75 Å². The number of piperidine rings is 2. The molecule has 2 aromatic carbocycles. The van der Waals surface area contributed by atoms with Gasteiger partial charge >= 0.3 is 12.1 Å². The molecule has 6 rings (SSSR count). The van der Waals surface area contributed by atoms with Crippen molar-refractivity contribution >= 4 is 17.6 Å². The van der Waals surface area contributed by atoms with E-state index in [0.29, 0.717) is 50.7 Å². The Morgan fingerprint density at radius 2 is 1.54 bits per heavy atom. The van der Waals surface area contributed by atoms with Crippen LogP contribution in [0.1, 0.15) is 79.9 Å². The predicted octanol–water partition coefficient (Wildman–Crippen LogP) is 6.47. The molecule has 250 valence electrons. The normalized spacial score (nSPS) is 25.2. The van der Waals surface area contributed by atoms with Crippen molar-refractivity contribution in [2.45, 2.75) is 75.4 Å². The maximum atomic E-state index is 14.4. The maximum absolute atomic E-state index is 14.4. The molecular weight excluding hydrogens is 595 g/mol. The van der Waals surface area contributed by atoms with Crippen molar-refractivity contribution in [2.24, 2.45) is 11.8 Å². The minimum absolute atomic E-state index is 0.0694. The smallest absolute Gasteiger partial charge is 0.416 e. The number of hydrogen-bond acceptors (Lipinski definition) is 6. The molecule has 4 fully saturated rings. The van der Waals surface area contributed by atoms with Crippen LogP contribution in [0.3, 0.4) is 0 Å². The topological polar surface area (TPSA) is 62.3 Å².